The van der Waals surface area contributed by atoms with Gasteiger partial charge in [-0.25, -0.2) is 4.79 Å². The first-order valence-electron chi connectivity index (χ1n) is 6.72. The van der Waals surface area contributed by atoms with Crippen LogP contribution < -0.4 is 5.32 Å². The van der Waals surface area contributed by atoms with E-state index in [1.54, 1.807) is 45.2 Å². The molecule has 3 N–H and O–H groups in total. The topological polar surface area (TPSA) is 89.9 Å². The van der Waals surface area contributed by atoms with Gasteiger partial charge < -0.3 is 20.4 Å². The molecule has 1 rings (SSSR count). The molecule has 0 heterocycles. The molecule has 0 aromatic heterocycles. The number of carbonyl (C=O) groups excluding carboxylic acids is 1. The Morgan fingerprint density at radius 1 is 1.24 bits per heavy atom. The summed E-state index contributed by atoms with van der Waals surface area (Å²) in [7, 11) is 1.61. The zero-order valence-corrected chi connectivity index (χ0v) is 12.6. The number of aryl methyl sites for hydroxylation is 1. The molecule has 2 amide bonds. The predicted molar refractivity (Wildman–Crippen MR) is 80.3 cm³/mol. The van der Waals surface area contributed by atoms with E-state index >= 15 is 0 Å². The number of rotatable bonds is 6. The summed E-state index contributed by atoms with van der Waals surface area (Å²) < 4.78 is 0. The Labute approximate surface area is 124 Å². The number of benzene rings is 1. The van der Waals surface area contributed by atoms with Crippen molar-refractivity contribution in [3.05, 3.63) is 29.8 Å². The van der Waals surface area contributed by atoms with E-state index in [-0.39, 0.29) is 19.0 Å². The highest BCUT2D eigenvalue weighted by Crippen LogP contribution is 2.12. The quantitative estimate of drug-likeness (QED) is 0.748. The van der Waals surface area contributed by atoms with Crippen LogP contribution in [0.1, 0.15) is 25.8 Å². The number of carboxylic acid groups (broad SMARTS) is 1. The van der Waals surface area contributed by atoms with Crippen LogP contribution in [0.3, 0.4) is 0 Å². The second-order valence-electron chi connectivity index (χ2n) is 5.69. The number of hydrogen-bond donors (Lipinski definition) is 3. The minimum Gasteiger partial charge on any atom is -0.481 e. The zero-order chi connectivity index (χ0) is 16.0. The Bertz CT molecular complexity index is 491. The van der Waals surface area contributed by atoms with Crippen LogP contribution >= 0.6 is 0 Å². The van der Waals surface area contributed by atoms with Crippen LogP contribution in [0.5, 0.6) is 0 Å². The molecule has 0 aliphatic carbocycles. The average Bonchev–Trinajstić information content (AvgIpc) is 2.35. The molecule has 0 aliphatic rings. The van der Waals surface area contributed by atoms with Crippen molar-refractivity contribution in [3.63, 3.8) is 0 Å². The van der Waals surface area contributed by atoms with Crippen LogP contribution in [0.25, 0.3) is 0 Å². The number of nitrogens with zero attached hydrogens (tertiary/aromatic N) is 1. The van der Waals surface area contributed by atoms with Crippen molar-refractivity contribution in [3.8, 4) is 0 Å². The van der Waals surface area contributed by atoms with Crippen LogP contribution in [-0.2, 0) is 11.2 Å². The van der Waals surface area contributed by atoms with Gasteiger partial charge in [0.05, 0.1) is 12.1 Å². The predicted octanol–water partition coefficient (Wildman–Crippen LogP) is 1.94. The van der Waals surface area contributed by atoms with Crippen molar-refractivity contribution in [2.45, 2.75) is 32.3 Å². The minimum absolute atomic E-state index is 0.0834. The number of likely N-dealkylation sites (N-methyl/N-ethyl adjacent to an activating group) is 1. The van der Waals surface area contributed by atoms with Crippen molar-refractivity contribution in [1.82, 2.24) is 4.90 Å². The monoisotopic (exact) mass is 294 g/mol. The molecular formula is C15H22N2O4. The van der Waals surface area contributed by atoms with E-state index in [0.29, 0.717) is 12.1 Å². The molecule has 0 saturated carbocycles. The number of urea groups is 1. The van der Waals surface area contributed by atoms with Crippen LogP contribution in [-0.4, -0.2) is 46.3 Å². The van der Waals surface area contributed by atoms with Gasteiger partial charge in [-0.05, 0) is 38.0 Å². The van der Waals surface area contributed by atoms with Crippen LogP contribution in [0, 0.1) is 0 Å². The van der Waals surface area contributed by atoms with Gasteiger partial charge in [-0.2, -0.15) is 0 Å². The molecule has 0 atom stereocenters. The molecule has 0 aliphatic heterocycles. The summed E-state index contributed by atoms with van der Waals surface area (Å²) in [6.45, 7) is 3.48. The normalized spacial score (nSPS) is 11.0. The van der Waals surface area contributed by atoms with Gasteiger partial charge in [0, 0.05) is 19.2 Å². The lowest BCUT2D eigenvalue weighted by Crippen LogP contribution is -2.41. The summed E-state index contributed by atoms with van der Waals surface area (Å²) in [6.07, 6.45) is 0.544. The summed E-state index contributed by atoms with van der Waals surface area (Å²) in [6, 6.07) is 6.72. The molecule has 21 heavy (non-hydrogen) atoms. The SMILES string of the molecule is CN(CC(C)(C)O)C(=O)Nc1ccc(CCC(=O)O)cc1. The molecule has 6 heteroatoms. The number of nitrogens with one attached hydrogen (secondary N) is 1. The standard InChI is InChI=1S/C15H22N2O4/c1-15(2,21)10-17(3)14(20)16-12-7-4-11(5-8-12)6-9-13(18)19/h4-5,7-8,21H,6,9-10H2,1-3H3,(H,16,20)(H,18,19). The average molecular weight is 294 g/mol. The number of carboxylic acids is 1. The fourth-order valence-electron chi connectivity index (χ4n) is 1.88. The van der Waals surface area contributed by atoms with E-state index in [4.69, 9.17) is 5.11 Å². The van der Waals surface area contributed by atoms with Crippen LogP contribution in [0.4, 0.5) is 10.5 Å². The minimum atomic E-state index is -0.952. The first-order valence-corrected chi connectivity index (χ1v) is 6.72. The van der Waals surface area contributed by atoms with Gasteiger partial charge in [0.15, 0.2) is 0 Å². The number of amides is 2. The third-order valence-electron chi connectivity index (χ3n) is 2.80. The summed E-state index contributed by atoms with van der Waals surface area (Å²) in [5.74, 6) is -0.833. The molecule has 0 spiro atoms. The largest absolute Gasteiger partial charge is 0.481 e. The summed E-state index contributed by atoms with van der Waals surface area (Å²) in [4.78, 5) is 23.8. The fraction of sp³-hybridized carbons (Fsp3) is 0.467. The van der Waals surface area contributed by atoms with Gasteiger partial charge in [0.25, 0.3) is 0 Å². The first kappa shape index (κ1) is 17.0. The van der Waals surface area contributed by atoms with Gasteiger partial charge in [0.2, 0.25) is 0 Å². The fourth-order valence-corrected chi connectivity index (χ4v) is 1.88. The van der Waals surface area contributed by atoms with Gasteiger partial charge in [0.1, 0.15) is 0 Å². The molecular weight excluding hydrogens is 272 g/mol. The molecule has 0 saturated heterocycles. The lowest BCUT2D eigenvalue weighted by atomic mass is 10.1. The van der Waals surface area contributed by atoms with Crippen molar-refractivity contribution in [2.75, 3.05) is 18.9 Å². The molecule has 0 unspecified atom stereocenters. The lowest BCUT2D eigenvalue weighted by Gasteiger charge is -2.25. The Hall–Kier alpha value is -2.08. The summed E-state index contributed by atoms with van der Waals surface area (Å²) in [5, 5.41) is 21.0. The molecule has 1 aromatic carbocycles. The maximum Gasteiger partial charge on any atom is 0.321 e. The van der Waals surface area contributed by atoms with Crippen LogP contribution in [0.2, 0.25) is 0 Å². The van der Waals surface area contributed by atoms with Crippen molar-refractivity contribution < 1.29 is 19.8 Å². The van der Waals surface area contributed by atoms with Crippen molar-refractivity contribution in [2.24, 2.45) is 0 Å². The van der Waals surface area contributed by atoms with Gasteiger partial charge >= 0.3 is 12.0 Å². The number of anilines is 1. The zero-order valence-electron chi connectivity index (χ0n) is 12.6. The van der Waals surface area contributed by atoms with Gasteiger partial charge in [-0.1, -0.05) is 12.1 Å². The molecule has 0 fully saturated rings. The number of hydrogen-bond acceptors (Lipinski definition) is 3. The van der Waals surface area contributed by atoms with Crippen LogP contribution in [0.15, 0.2) is 24.3 Å². The highest BCUT2D eigenvalue weighted by molar-refractivity contribution is 5.89. The van der Waals surface area contributed by atoms with Gasteiger partial charge in [-0.15, -0.1) is 0 Å². The Kier molecular flexibility index (Phi) is 5.72. The number of aliphatic carboxylic acids is 1. The molecule has 6 nitrogen and oxygen atoms in total. The second kappa shape index (κ2) is 7.08. The highest BCUT2D eigenvalue weighted by atomic mass is 16.4. The summed E-state index contributed by atoms with van der Waals surface area (Å²) >= 11 is 0. The van der Waals surface area contributed by atoms with E-state index in [2.05, 4.69) is 5.32 Å². The third-order valence-corrected chi connectivity index (χ3v) is 2.80. The lowest BCUT2D eigenvalue weighted by molar-refractivity contribution is -0.136. The molecule has 1 aromatic rings. The van der Waals surface area contributed by atoms with Crippen molar-refractivity contribution in [1.29, 1.82) is 0 Å². The van der Waals surface area contributed by atoms with E-state index in [1.807, 2.05) is 0 Å². The second-order valence-corrected chi connectivity index (χ2v) is 5.69. The molecule has 0 radical (unpaired) electrons. The summed E-state index contributed by atoms with van der Waals surface area (Å²) in [5.41, 5.74) is 0.578. The van der Waals surface area contributed by atoms with E-state index in [9.17, 15) is 14.7 Å². The van der Waals surface area contributed by atoms with Crippen molar-refractivity contribution >= 4 is 17.7 Å². The van der Waals surface area contributed by atoms with E-state index < -0.39 is 11.6 Å². The number of carbonyl (C=O) groups is 2. The number of aliphatic hydroxyl groups is 1. The highest BCUT2D eigenvalue weighted by Gasteiger charge is 2.19. The smallest absolute Gasteiger partial charge is 0.321 e. The molecule has 116 valence electrons. The molecule has 0 bridgehead atoms. The van der Waals surface area contributed by atoms with E-state index in [0.717, 1.165) is 5.56 Å². The van der Waals surface area contributed by atoms with Gasteiger partial charge in [-0.3, -0.25) is 4.79 Å². The Morgan fingerprint density at radius 3 is 2.29 bits per heavy atom. The third kappa shape index (κ3) is 6.76. The Balaban J connectivity index is 2.55. The first-order chi connectivity index (χ1) is 9.67. The maximum absolute atomic E-state index is 11.9. The maximum atomic E-state index is 11.9. The van der Waals surface area contributed by atoms with E-state index in [1.165, 1.54) is 4.90 Å². The Morgan fingerprint density at radius 2 is 1.81 bits per heavy atom.